The molecule has 1 aliphatic heterocycles. The molecule has 142 valence electrons. The van der Waals surface area contributed by atoms with Gasteiger partial charge in [0.1, 0.15) is 0 Å². The summed E-state index contributed by atoms with van der Waals surface area (Å²) in [6.45, 7) is 2.03. The Morgan fingerprint density at radius 1 is 1.11 bits per heavy atom. The highest BCUT2D eigenvalue weighted by Crippen LogP contribution is 2.31. The van der Waals surface area contributed by atoms with Crippen molar-refractivity contribution in [3.05, 3.63) is 45.1 Å². The summed E-state index contributed by atoms with van der Waals surface area (Å²) in [5.41, 5.74) is 5.01. The lowest BCUT2D eigenvalue weighted by Crippen LogP contribution is -2.41. The van der Waals surface area contributed by atoms with Gasteiger partial charge in [-0.2, -0.15) is 0 Å². The van der Waals surface area contributed by atoms with Gasteiger partial charge in [0.05, 0.1) is 9.77 Å². The zero-order valence-electron chi connectivity index (χ0n) is 14.7. The van der Waals surface area contributed by atoms with Crippen molar-refractivity contribution in [3.8, 4) is 0 Å². The monoisotopic (exact) mass is 405 g/mol. The third-order valence-electron chi connectivity index (χ3n) is 4.91. The maximum absolute atomic E-state index is 12.5. The van der Waals surface area contributed by atoms with Gasteiger partial charge in [-0.15, -0.1) is 16.2 Å². The van der Waals surface area contributed by atoms with Crippen LogP contribution in [0.15, 0.2) is 29.2 Å². The van der Waals surface area contributed by atoms with E-state index in [1.165, 1.54) is 34.8 Å². The summed E-state index contributed by atoms with van der Waals surface area (Å²) in [7, 11) is -3.90. The summed E-state index contributed by atoms with van der Waals surface area (Å²) in [6, 6.07) is 6.45. The molecule has 7 nitrogen and oxygen atoms in total. The molecule has 1 aromatic carbocycles. The SMILES string of the molecule is CC(=O)N1CCc2cc(S(=O)(=O)NNC(=O)c3cc4c(s3)CCC4)ccc21. The number of nitrogens with one attached hydrogen (secondary N) is 2. The Bertz CT molecular complexity index is 1020. The summed E-state index contributed by atoms with van der Waals surface area (Å²) in [6.07, 6.45) is 3.66. The second kappa shape index (κ2) is 6.74. The molecule has 2 aliphatic rings. The fourth-order valence-electron chi connectivity index (χ4n) is 3.55. The second-order valence-corrected chi connectivity index (χ2v) is 9.50. The van der Waals surface area contributed by atoms with Gasteiger partial charge in [0.25, 0.3) is 15.9 Å². The normalized spacial score (nSPS) is 15.5. The lowest BCUT2D eigenvalue weighted by atomic mass is 10.2. The average molecular weight is 406 g/mol. The van der Waals surface area contributed by atoms with Crippen LogP contribution in [-0.2, 0) is 34.1 Å². The number of hydrazine groups is 1. The molecule has 0 radical (unpaired) electrons. The molecular formula is C18H19N3O4S2. The van der Waals surface area contributed by atoms with E-state index in [-0.39, 0.29) is 10.8 Å². The smallest absolute Gasteiger partial charge is 0.276 e. The van der Waals surface area contributed by atoms with Crippen molar-refractivity contribution in [1.29, 1.82) is 0 Å². The Kier molecular flexibility index (Phi) is 4.53. The van der Waals surface area contributed by atoms with Gasteiger partial charge in [-0.3, -0.25) is 15.0 Å². The number of rotatable bonds is 4. The Morgan fingerprint density at radius 2 is 1.93 bits per heavy atom. The number of carbonyl (C=O) groups excluding carboxylic acids is 2. The van der Waals surface area contributed by atoms with Crippen molar-refractivity contribution < 1.29 is 18.0 Å². The van der Waals surface area contributed by atoms with E-state index in [1.807, 2.05) is 6.07 Å². The van der Waals surface area contributed by atoms with Gasteiger partial charge in [0.15, 0.2) is 0 Å². The molecule has 0 atom stereocenters. The van der Waals surface area contributed by atoms with E-state index in [2.05, 4.69) is 10.3 Å². The number of aryl methyl sites for hydroxylation is 2. The van der Waals surface area contributed by atoms with Gasteiger partial charge in [0.2, 0.25) is 5.91 Å². The fraction of sp³-hybridized carbons (Fsp3) is 0.333. The summed E-state index contributed by atoms with van der Waals surface area (Å²) in [5, 5.41) is 0. The number of fused-ring (bicyclic) bond motifs is 2. The quantitative estimate of drug-likeness (QED) is 0.758. The highest BCUT2D eigenvalue weighted by atomic mass is 32.2. The molecule has 9 heteroatoms. The zero-order valence-corrected chi connectivity index (χ0v) is 16.4. The van der Waals surface area contributed by atoms with Crippen LogP contribution in [-0.4, -0.2) is 26.8 Å². The van der Waals surface area contributed by atoms with Crippen LogP contribution in [0.1, 0.15) is 39.0 Å². The van der Waals surface area contributed by atoms with Gasteiger partial charge in [-0.05, 0) is 61.1 Å². The van der Waals surface area contributed by atoms with Crippen molar-refractivity contribution in [2.75, 3.05) is 11.4 Å². The minimum absolute atomic E-state index is 0.0561. The largest absolute Gasteiger partial charge is 0.312 e. The maximum atomic E-state index is 12.5. The van der Waals surface area contributed by atoms with Gasteiger partial charge >= 0.3 is 0 Å². The van der Waals surface area contributed by atoms with Crippen LogP contribution in [0.4, 0.5) is 5.69 Å². The van der Waals surface area contributed by atoms with E-state index in [0.717, 1.165) is 30.5 Å². The zero-order chi connectivity index (χ0) is 19.2. The van der Waals surface area contributed by atoms with Crippen LogP contribution in [0.25, 0.3) is 0 Å². The highest BCUT2D eigenvalue weighted by molar-refractivity contribution is 7.89. The first kappa shape index (κ1) is 18.1. The van der Waals surface area contributed by atoms with Crippen LogP contribution in [0.5, 0.6) is 0 Å². The molecule has 27 heavy (non-hydrogen) atoms. The number of hydrogen-bond acceptors (Lipinski definition) is 5. The van der Waals surface area contributed by atoms with Crippen LogP contribution < -0.4 is 15.2 Å². The molecule has 1 aliphatic carbocycles. The molecule has 0 spiro atoms. The Labute approximate surface area is 161 Å². The molecule has 1 aromatic heterocycles. The predicted octanol–water partition coefficient (Wildman–Crippen LogP) is 1.77. The third-order valence-corrected chi connectivity index (χ3v) is 7.39. The number of anilines is 1. The van der Waals surface area contributed by atoms with Crippen molar-refractivity contribution >= 4 is 38.9 Å². The van der Waals surface area contributed by atoms with E-state index in [9.17, 15) is 18.0 Å². The number of carbonyl (C=O) groups is 2. The van der Waals surface area contributed by atoms with E-state index >= 15 is 0 Å². The highest BCUT2D eigenvalue weighted by Gasteiger charge is 2.25. The van der Waals surface area contributed by atoms with Crippen molar-refractivity contribution in [2.45, 2.75) is 37.5 Å². The van der Waals surface area contributed by atoms with Gasteiger partial charge in [-0.1, -0.05) is 0 Å². The first-order valence-corrected chi connectivity index (χ1v) is 11.0. The van der Waals surface area contributed by atoms with Crippen LogP contribution in [0, 0.1) is 0 Å². The van der Waals surface area contributed by atoms with E-state index in [4.69, 9.17) is 0 Å². The lowest BCUT2D eigenvalue weighted by Gasteiger charge is -2.15. The van der Waals surface area contributed by atoms with E-state index < -0.39 is 15.9 Å². The maximum Gasteiger partial charge on any atom is 0.276 e. The molecule has 0 unspecified atom stereocenters. The molecule has 2 N–H and O–H groups in total. The number of hydrogen-bond donors (Lipinski definition) is 2. The Balaban J connectivity index is 1.47. The van der Waals surface area contributed by atoms with Crippen molar-refractivity contribution in [1.82, 2.24) is 10.3 Å². The first-order chi connectivity index (χ1) is 12.8. The van der Waals surface area contributed by atoms with E-state index in [0.29, 0.717) is 17.8 Å². The van der Waals surface area contributed by atoms with Crippen LogP contribution >= 0.6 is 11.3 Å². The minimum Gasteiger partial charge on any atom is -0.312 e. The number of thiophene rings is 1. The van der Waals surface area contributed by atoms with Crippen molar-refractivity contribution in [2.24, 2.45) is 0 Å². The fourth-order valence-corrected chi connectivity index (χ4v) is 5.59. The average Bonchev–Trinajstić information content (AvgIpc) is 3.32. The molecule has 0 fully saturated rings. The van der Waals surface area contributed by atoms with Crippen LogP contribution in [0.3, 0.4) is 0 Å². The number of benzene rings is 1. The number of sulfonamides is 1. The van der Waals surface area contributed by atoms with E-state index in [1.54, 1.807) is 17.0 Å². The Hall–Kier alpha value is -2.23. The van der Waals surface area contributed by atoms with Gasteiger partial charge < -0.3 is 4.90 Å². The second-order valence-electron chi connectivity index (χ2n) is 6.68. The number of nitrogens with zero attached hydrogens (tertiary/aromatic N) is 1. The number of amides is 2. The minimum atomic E-state index is -3.90. The lowest BCUT2D eigenvalue weighted by molar-refractivity contribution is -0.116. The molecule has 0 saturated heterocycles. The third kappa shape index (κ3) is 3.38. The molecule has 2 amide bonds. The topological polar surface area (TPSA) is 95.6 Å². The molecule has 4 rings (SSSR count). The standard InChI is InChI=1S/C18H19N3O4S2/c1-11(22)21-8-7-12-9-14(5-6-15(12)21)27(24,25)20-19-18(23)17-10-13-3-2-4-16(13)26-17/h5-6,9-10,20H,2-4,7-8H2,1H3,(H,19,23). The molecule has 2 aromatic rings. The first-order valence-electron chi connectivity index (χ1n) is 8.70. The van der Waals surface area contributed by atoms with Crippen molar-refractivity contribution in [3.63, 3.8) is 0 Å². The summed E-state index contributed by atoms with van der Waals surface area (Å²) in [4.78, 5) is 29.4. The summed E-state index contributed by atoms with van der Waals surface area (Å²) in [5.74, 6) is -0.528. The predicted molar refractivity (Wildman–Crippen MR) is 102 cm³/mol. The summed E-state index contributed by atoms with van der Waals surface area (Å²) < 4.78 is 25.0. The van der Waals surface area contributed by atoms with Gasteiger partial charge in [0, 0.05) is 24.0 Å². The van der Waals surface area contributed by atoms with Crippen LogP contribution in [0.2, 0.25) is 0 Å². The summed E-state index contributed by atoms with van der Waals surface area (Å²) >= 11 is 1.41. The molecule has 0 bridgehead atoms. The Morgan fingerprint density at radius 3 is 2.67 bits per heavy atom. The van der Waals surface area contributed by atoms with Gasteiger partial charge in [-0.25, -0.2) is 8.42 Å². The molecule has 2 heterocycles. The molecule has 0 saturated carbocycles. The molecular weight excluding hydrogens is 386 g/mol.